The van der Waals surface area contributed by atoms with Crippen molar-refractivity contribution in [2.45, 2.75) is 32.7 Å². The van der Waals surface area contributed by atoms with Crippen molar-refractivity contribution in [2.75, 3.05) is 47.3 Å². The van der Waals surface area contributed by atoms with Gasteiger partial charge in [0.25, 0.3) is 0 Å². The van der Waals surface area contributed by atoms with Crippen molar-refractivity contribution >= 4 is 0 Å². The summed E-state index contributed by atoms with van der Waals surface area (Å²) in [5.74, 6) is 0.581. The molecule has 0 bridgehead atoms. The van der Waals surface area contributed by atoms with E-state index in [1.165, 1.54) is 17.5 Å². The minimum Gasteiger partial charge on any atom is -0.316 e. The number of rotatable bonds is 10. The third-order valence-corrected chi connectivity index (χ3v) is 3.81. The van der Waals surface area contributed by atoms with Crippen LogP contribution >= 0.6 is 0 Å². The molecule has 1 rings (SSSR count). The predicted octanol–water partition coefficient (Wildman–Crippen LogP) is 2.78. The lowest BCUT2D eigenvalue weighted by molar-refractivity contribution is 0.276. The Morgan fingerprint density at radius 3 is 2.29 bits per heavy atom. The van der Waals surface area contributed by atoms with E-state index in [4.69, 9.17) is 0 Å². The second kappa shape index (κ2) is 9.93. The molecule has 0 amide bonds. The molecule has 0 fully saturated rings. The lowest BCUT2D eigenvalue weighted by atomic mass is 9.99. The van der Waals surface area contributed by atoms with Gasteiger partial charge in [-0.1, -0.05) is 38.1 Å². The fourth-order valence-corrected chi connectivity index (χ4v) is 2.33. The topological polar surface area (TPSA) is 18.5 Å². The van der Waals surface area contributed by atoms with Crippen LogP contribution < -0.4 is 5.32 Å². The van der Waals surface area contributed by atoms with Crippen LogP contribution in [0.1, 0.15) is 37.3 Å². The normalized spacial score (nSPS) is 13.1. The van der Waals surface area contributed by atoms with E-state index in [1.807, 2.05) is 0 Å². The van der Waals surface area contributed by atoms with Crippen LogP contribution in [0.25, 0.3) is 0 Å². The largest absolute Gasteiger partial charge is 0.316 e. The summed E-state index contributed by atoms with van der Waals surface area (Å²) >= 11 is 0. The highest BCUT2D eigenvalue weighted by Gasteiger charge is 2.06. The molecule has 1 aromatic rings. The first kappa shape index (κ1) is 18.1. The van der Waals surface area contributed by atoms with E-state index in [-0.39, 0.29) is 0 Å². The quantitative estimate of drug-likeness (QED) is 0.669. The Labute approximate surface area is 131 Å². The smallest absolute Gasteiger partial charge is 0.0231 e. The molecule has 3 heteroatoms. The fraction of sp³-hybridized carbons (Fsp3) is 0.667. The SMILES string of the molecule is CCCNCC(C)c1ccc(CN(C)CCN(C)C)cc1. The zero-order valence-electron chi connectivity index (χ0n) is 14.5. The van der Waals surface area contributed by atoms with E-state index in [2.05, 4.69) is 74.4 Å². The average Bonchev–Trinajstić information content (AvgIpc) is 2.46. The van der Waals surface area contributed by atoms with Gasteiger partial charge in [-0.25, -0.2) is 0 Å². The molecule has 21 heavy (non-hydrogen) atoms. The second-order valence-electron chi connectivity index (χ2n) is 6.39. The minimum absolute atomic E-state index is 0.581. The van der Waals surface area contributed by atoms with Gasteiger partial charge in [0, 0.05) is 26.2 Å². The molecule has 1 N–H and O–H groups in total. The lowest BCUT2D eigenvalue weighted by Crippen LogP contribution is -2.28. The molecule has 0 spiro atoms. The van der Waals surface area contributed by atoms with Gasteiger partial charge < -0.3 is 15.1 Å². The van der Waals surface area contributed by atoms with E-state index in [1.54, 1.807) is 0 Å². The second-order valence-corrected chi connectivity index (χ2v) is 6.39. The van der Waals surface area contributed by atoms with E-state index >= 15 is 0 Å². The van der Waals surface area contributed by atoms with Gasteiger partial charge >= 0.3 is 0 Å². The Morgan fingerprint density at radius 1 is 1.05 bits per heavy atom. The molecule has 1 aromatic carbocycles. The molecule has 120 valence electrons. The number of nitrogens with one attached hydrogen (secondary N) is 1. The number of hydrogen-bond donors (Lipinski definition) is 1. The molecule has 0 heterocycles. The summed E-state index contributed by atoms with van der Waals surface area (Å²) < 4.78 is 0. The highest BCUT2D eigenvalue weighted by Crippen LogP contribution is 2.15. The zero-order chi connectivity index (χ0) is 15.7. The van der Waals surface area contributed by atoms with Gasteiger partial charge in [0.2, 0.25) is 0 Å². The Bertz CT molecular complexity index is 373. The van der Waals surface area contributed by atoms with Crippen LogP contribution in [0.3, 0.4) is 0 Å². The fourth-order valence-electron chi connectivity index (χ4n) is 2.33. The number of hydrogen-bond acceptors (Lipinski definition) is 3. The van der Waals surface area contributed by atoms with Crippen molar-refractivity contribution in [1.82, 2.24) is 15.1 Å². The first-order valence-corrected chi connectivity index (χ1v) is 8.15. The third-order valence-electron chi connectivity index (χ3n) is 3.81. The highest BCUT2D eigenvalue weighted by atomic mass is 15.1. The molecule has 0 aliphatic carbocycles. The van der Waals surface area contributed by atoms with Crippen molar-refractivity contribution < 1.29 is 0 Å². The number of benzene rings is 1. The van der Waals surface area contributed by atoms with Crippen LogP contribution in [-0.2, 0) is 6.54 Å². The van der Waals surface area contributed by atoms with E-state index in [0.717, 1.165) is 32.7 Å². The van der Waals surface area contributed by atoms with E-state index in [9.17, 15) is 0 Å². The average molecular weight is 291 g/mol. The van der Waals surface area contributed by atoms with Crippen LogP contribution in [0.5, 0.6) is 0 Å². The highest BCUT2D eigenvalue weighted by molar-refractivity contribution is 5.25. The Balaban J connectivity index is 2.42. The maximum absolute atomic E-state index is 3.49. The van der Waals surface area contributed by atoms with Crippen molar-refractivity contribution in [2.24, 2.45) is 0 Å². The van der Waals surface area contributed by atoms with Crippen molar-refractivity contribution in [3.63, 3.8) is 0 Å². The summed E-state index contributed by atoms with van der Waals surface area (Å²) in [6.45, 7) is 9.91. The molecule has 0 saturated heterocycles. The molecule has 0 aliphatic heterocycles. The first-order chi connectivity index (χ1) is 10.0. The van der Waals surface area contributed by atoms with Crippen LogP contribution in [0.2, 0.25) is 0 Å². The lowest BCUT2D eigenvalue weighted by Gasteiger charge is -2.20. The zero-order valence-corrected chi connectivity index (χ0v) is 14.5. The van der Waals surface area contributed by atoms with E-state index < -0.39 is 0 Å². The van der Waals surface area contributed by atoms with Gasteiger partial charge in [0.05, 0.1) is 0 Å². The predicted molar refractivity (Wildman–Crippen MR) is 92.9 cm³/mol. The van der Waals surface area contributed by atoms with Gasteiger partial charge in [0.1, 0.15) is 0 Å². The van der Waals surface area contributed by atoms with Crippen LogP contribution in [0.15, 0.2) is 24.3 Å². The maximum atomic E-state index is 3.49. The van der Waals surface area contributed by atoms with Gasteiger partial charge in [-0.05, 0) is 51.2 Å². The molecule has 3 nitrogen and oxygen atoms in total. The molecule has 1 atom stereocenters. The molecule has 1 unspecified atom stereocenters. The summed E-state index contributed by atoms with van der Waals surface area (Å²) in [5, 5.41) is 3.49. The Morgan fingerprint density at radius 2 is 1.71 bits per heavy atom. The summed E-state index contributed by atoms with van der Waals surface area (Å²) in [7, 11) is 6.43. The van der Waals surface area contributed by atoms with Gasteiger partial charge in [0.15, 0.2) is 0 Å². The van der Waals surface area contributed by atoms with Gasteiger partial charge in [-0.15, -0.1) is 0 Å². The molecule has 0 aliphatic rings. The van der Waals surface area contributed by atoms with Crippen molar-refractivity contribution in [3.05, 3.63) is 35.4 Å². The molecule has 0 saturated carbocycles. The minimum atomic E-state index is 0.581. The van der Waals surface area contributed by atoms with Gasteiger partial charge in [-0.2, -0.15) is 0 Å². The van der Waals surface area contributed by atoms with Crippen molar-refractivity contribution in [1.29, 1.82) is 0 Å². The summed E-state index contributed by atoms with van der Waals surface area (Å²) in [4.78, 5) is 4.60. The van der Waals surface area contributed by atoms with Crippen LogP contribution in [-0.4, -0.2) is 57.1 Å². The monoisotopic (exact) mass is 291 g/mol. The number of nitrogens with zero attached hydrogens (tertiary/aromatic N) is 2. The summed E-state index contributed by atoms with van der Waals surface area (Å²) in [5.41, 5.74) is 2.83. The molecular formula is C18H33N3. The van der Waals surface area contributed by atoms with Crippen molar-refractivity contribution in [3.8, 4) is 0 Å². The first-order valence-electron chi connectivity index (χ1n) is 8.15. The molecule has 0 radical (unpaired) electrons. The van der Waals surface area contributed by atoms with E-state index in [0.29, 0.717) is 5.92 Å². The summed E-state index contributed by atoms with van der Waals surface area (Å²) in [6, 6.07) is 9.12. The molecular weight excluding hydrogens is 258 g/mol. The summed E-state index contributed by atoms with van der Waals surface area (Å²) in [6.07, 6.45) is 1.20. The standard InChI is InChI=1S/C18H33N3/c1-6-11-19-14-16(2)18-9-7-17(8-10-18)15-21(5)13-12-20(3)4/h7-10,16,19H,6,11-15H2,1-5H3. The molecule has 0 aromatic heterocycles. The van der Waals surface area contributed by atoms with Crippen LogP contribution in [0.4, 0.5) is 0 Å². The maximum Gasteiger partial charge on any atom is 0.0231 e. The number of likely N-dealkylation sites (N-methyl/N-ethyl adjacent to an activating group) is 2. The Hall–Kier alpha value is -0.900. The Kier molecular flexibility index (Phi) is 8.58. The van der Waals surface area contributed by atoms with Gasteiger partial charge in [-0.3, -0.25) is 0 Å². The third kappa shape index (κ3) is 7.60. The van der Waals surface area contributed by atoms with Crippen LogP contribution in [0, 0.1) is 0 Å².